The van der Waals surface area contributed by atoms with Gasteiger partial charge in [0.05, 0.1) is 35.7 Å². The van der Waals surface area contributed by atoms with Crippen molar-refractivity contribution >= 4 is 28.3 Å². The van der Waals surface area contributed by atoms with Gasteiger partial charge in [-0.1, -0.05) is 6.07 Å². The highest BCUT2D eigenvalue weighted by Crippen LogP contribution is 2.25. The predicted octanol–water partition coefficient (Wildman–Crippen LogP) is 3.87. The van der Waals surface area contributed by atoms with E-state index in [-0.39, 0.29) is 17.7 Å². The molecule has 4 heterocycles. The van der Waals surface area contributed by atoms with E-state index in [4.69, 9.17) is 4.98 Å². The number of aromatic nitrogens is 5. The van der Waals surface area contributed by atoms with Crippen molar-refractivity contribution in [1.82, 2.24) is 30.0 Å². The molecule has 9 nitrogen and oxygen atoms in total. The largest absolute Gasteiger partial charge is 0.364 e. The van der Waals surface area contributed by atoms with Crippen LogP contribution in [0.3, 0.4) is 0 Å². The number of nitrogens with one attached hydrogen (secondary N) is 1. The van der Waals surface area contributed by atoms with Crippen LogP contribution in [0.15, 0.2) is 55.0 Å². The van der Waals surface area contributed by atoms with E-state index in [2.05, 4.69) is 70.1 Å². The number of hydrogen-bond donors (Lipinski definition) is 1. The molecule has 1 aliphatic rings. The molecule has 4 aromatic rings. The zero-order valence-corrected chi connectivity index (χ0v) is 21.9. The Morgan fingerprint density at radius 3 is 2.65 bits per heavy atom. The molecule has 1 aliphatic heterocycles. The molecule has 5 rings (SSSR count). The lowest BCUT2D eigenvalue weighted by atomic mass is 10.0. The summed E-state index contributed by atoms with van der Waals surface area (Å²) in [6.45, 7) is 8.07. The van der Waals surface area contributed by atoms with Crippen LogP contribution in [-0.4, -0.2) is 74.6 Å². The van der Waals surface area contributed by atoms with Gasteiger partial charge in [0.1, 0.15) is 11.6 Å². The minimum atomic E-state index is -0.118. The first-order chi connectivity index (χ1) is 17.6. The van der Waals surface area contributed by atoms with Crippen LogP contribution >= 0.6 is 0 Å². The smallest absolute Gasteiger partial charge is 0.169 e. The molecule has 3 aromatic heterocycles. The number of carbonyl (C=O) groups excluding carboxylic acids is 1. The van der Waals surface area contributed by atoms with Crippen molar-refractivity contribution in [3.8, 4) is 11.3 Å². The summed E-state index contributed by atoms with van der Waals surface area (Å²) in [6.07, 6.45) is 5.33. The lowest BCUT2D eigenvalue weighted by molar-refractivity contribution is 0.0991. The Bertz CT molecular complexity index is 1440. The number of rotatable bonds is 7. The van der Waals surface area contributed by atoms with Gasteiger partial charge in [-0.2, -0.15) is 10.2 Å². The molecular weight excluding hydrogens is 464 g/mol. The number of carbonyl (C=O) groups is 1. The van der Waals surface area contributed by atoms with E-state index in [1.165, 1.54) is 0 Å². The molecular formula is C28H32N8O. The third-order valence-electron chi connectivity index (χ3n) is 6.39. The molecule has 1 fully saturated rings. The maximum atomic E-state index is 13.1. The van der Waals surface area contributed by atoms with Gasteiger partial charge in [0.2, 0.25) is 0 Å². The number of anilines is 2. The molecule has 0 atom stereocenters. The number of benzene rings is 1. The van der Waals surface area contributed by atoms with E-state index in [0.717, 1.165) is 46.9 Å². The first-order valence-electron chi connectivity index (χ1n) is 12.4. The predicted molar refractivity (Wildman–Crippen MR) is 146 cm³/mol. The van der Waals surface area contributed by atoms with Crippen molar-refractivity contribution in [3.63, 3.8) is 0 Å². The topological polar surface area (TPSA) is 100 Å². The van der Waals surface area contributed by atoms with Gasteiger partial charge in [-0.3, -0.25) is 9.78 Å². The Balaban J connectivity index is 1.33. The average molecular weight is 497 g/mol. The van der Waals surface area contributed by atoms with Crippen molar-refractivity contribution in [1.29, 1.82) is 0 Å². The van der Waals surface area contributed by atoms with E-state index >= 15 is 0 Å². The molecule has 0 saturated carbocycles. The molecule has 1 N–H and O–H groups in total. The molecule has 37 heavy (non-hydrogen) atoms. The van der Waals surface area contributed by atoms with Gasteiger partial charge < -0.3 is 15.1 Å². The summed E-state index contributed by atoms with van der Waals surface area (Å²) >= 11 is 0. The molecule has 0 amide bonds. The second-order valence-electron chi connectivity index (χ2n) is 10.8. The number of nitrogens with zero attached hydrogens (tertiary/aromatic N) is 7. The van der Waals surface area contributed by atoms with E-state index in [0.29, 0.717) is 17.3 Å². The summed E-state index contributed by atoms with van der Waals surface area (Å²) in [5.41, 5.74) is 3.58. The summed E-state index contributed by atoms with van der Waals surface area (Å²) in [5.74, 6) is 1.55. The second kappa shape index (κ2) is 9.82. The maximum absolute atomic E-state index is 13.1. The number of fused-ring (bicyclic) bond motifs is 1. The van der Waals surface area contributed by atoms with Crippen molar-refractivity contribution in [2.45, 2.75) is 38.8 Å². The van der Waals surface area contributed by atoms with Crippen molar-refractivity contribution in [3.05, 3.63) is 66.2 Å². The zero-order chi connectivity index (χ0) is 26.2. The van der Waals surface area contributed by atoms with Crippen LogP contribution in [0.5, 0.6) is 0 Å². The Kier molecular flexibility index (Phi) is 6.55. The summed E-state index contributed by atoms with van der Waals surface area (Å²) in [5, 5.41) is 12.9. The van der Waals surface area contributed by atoms with Crippen LogP contribution in [0.2, 0.25) is 0 Å². The van der Waals surface area contributed by atoms with Gasteiger partial charge in [-0.05, 0) is 65.2 Å². The number of hydrogen-bond acceptors (Lipinski definition) is 9. The Hall–Kier alpha value is -3.98. The van der Waals surface area contributed by atoms with E-state index in [1.54, 1.807) is 24.7 Å². The highest BCUT2D eigenvalue weighted by atomic mass is 16.1. The van der Waals surface area contributed by atoms with Crippen LogP contribution in [0.25, 0.3) is 22.2 Å². The normalized spacial score (nSPS) is 14.2. The van der Waals surface area contributed by atoms with Crippen LogP contribution in [0, 0.1) is 0 Å². The van der Waals surface area contributed by atoms with Gasteiger partial charge in [0.25, 0.3) is 0 Å². The fraction of sp³-hybridized carbons (Fsp3) is 0.357. The van der Waals surface area contributed by atoms with Crippen molar-refractivity contribution < 1.29 is 4.79 Å². The number of likely N-dealkylation sites (N-methyl/N-ethyl adjacent to an activating group) is 1. The third-order valence-corrected chi connectivity index (χ3v) is 6.39. The summed E-state index contributed by atoms with van der Waals surface area (Å²) in [4.78, 5) is 31.0. The second-order valence-corrected chi connectivity index (χ2v) is 10.8. The molecule has 1 aromatic carbocycles. The fourth-order valence-corrected chi connectivity index (χ4v) is 4.28. The molecule has 0 spiro atoms. The molecule has 0 aliphatic carbocycles. The molecule has 0 radical (unpaired) electrons. The summed E-state index contributed by atoms with van der Waals surface area (Å²) in [7, 11) is 4.16. The van der Waals surface area contributed by atoms with Crippen molar-refractivity contribution in [2.24, 2.45) is 0 Å². The van der Waals surface area contributed by atoms with E-state index < -0.39 is 0 Å². The van der Waals surface area contributed by atoms with E-state index in [9.17, 15) is 4.79 Å². The average Bonchev–Trinajstić information content (AvgIpc) is 2.82. The minimum absolute atomic E-state index is 0.00930. The molecule has 0 unspecified atom stereocenters. The number of Topliss-reactive ketones (excluding diaryl/α,β-unsaturated/α-hetero) is 1. The standard InChI is InChI=1S/C28H32N8O/c1-28(2,3)32-26-15-29-14-24(31-26)18-6-7-23-20(10-18)11-21(33-34-23)13-25(37)19-8-9-30-27(12-19)36-16-22(17-36)35(4)5/h6-12,14-15,22H,13,16-17H2,1-5H3,(H,31,32). The summed E-state index contributed by atoms with van der Waals surface area (Å²) in [6, 6.07) is 12.0. The quantitative estimate of drug-likeness (QED) is 0.382. The van der Waals surface area contributed by atoms with Gasteiger partial charge >= 0.3 is 0 Å². The SMILES string of the molecule is CN(C)C1CN(c2cc(C(=O)Cc3cc4cc(-c5cncc(NC(C)(C)C)n5)ccc4nn3)ccn2)C1. The van der Waals surface area contributed by atoms with Crippen LogP contribution in [-0.2, 0) is 6.42 Å². The minimum Gasteiger partial charge on any atom is -0.364 e. The lowest BCUT2D eigenvalue weighted by Crippen LogP contribution is -2.57. The van der Waals surface area contributed by atoms with Gasteiger partial charge in [-0.25, -0.2) is 9.97 Å². The first kappa shape index (κ1) is 24.7. The van der Waals surface area contributed by atoms with Gasteiger partial charge in [0.15, 0.2) is 5.78 Å². The van der Waals surface area contributed by atoms with Crippen molar-refractivity contribution in [2.75, 3.05) is 37.4 Å². The maximum Gasteiger partial charge on any atom is 0.169 e. The van der Waals surface area contributed by atoms with Gasteiger partial charge in [-0.15, -0.1) is 0 Å². The number of ketones is 1. The number of pyridine rings is 1. The van der Waals surface area contributed by atoms with E-state index in [1.807, 2.05) is 30.3 Å². The molecule has 9 heteroatoms. The molecule has 1 saturated heterocycles. The third kappa shape index (κ3) is 5.72. The Labute approximate surface area is 217 Å². The monoisotopic (exact) mass is 496 g/mol. The van der Waals surface area contributed by atoms with Crippen LogP contribution in [0.1, 0.15) is 36.8 Å². The highest BCUT2D eigenvalue weighted by Gasteiger charge is 2.29. The van der Waals surface area contributed by atoms with Gasteiger partial charge in [0, 0.05) is 47.4 Å². The fourth-order valence-electron chi connectivity index (χ4n) is 4.28. The molecule has 190 valence electrons. The zero-order valence-electron chi connectivity index (χ0n) is 21.9. The lowest BCUT2D eigenvalue weighted by Gasteiger charge is -2.43. The first-order valence-corrected chi connectivity index (χ1v) is 12.4. The van der Waals surface area contributed by atoms with Crippen LogP contribution < -0.4 is 10.2 Å². The molecule has 0 bridgehead atoms. The summed E-state index contributed by atoms with van der Waals surface area (Å²) < 4.78 is 0. The van der Waals surface area contributed by atoms with Crippen LogP contribution in [0.4, 0.5) is 11.6 Å². The Morgan fingerprint density at radius 2 is 1.89 bits per heavy atom. The Morgan fingerprint density at radius 1 is 1.08 bits per heavy atom. The highest BCUT2D eigenvalue weighted by molar-refractivity contribution is 5.98.